The molecule has 26 heavy (non-hydrogen) atoms. The highest BCUT2D eigenvalue weighted by atomic mass is 32.1. The smallest absolute Gasteiger partial charge is 0.261 e. The first-order valence-electron chi connectivity index (χ1n) is 8.71. The molecule has 0 spiro atoms. The fourth-order valence-corrected chi connectivity index (χ4v) is 4.27. The Kier molecular flexibility index (Phi) is 4.74. The van der Waals surface area contributed by atoms with Crippen molar-refractivity contribution in [1.29, 1.82) is 0 Å². The van der Waals surface area contributed by atoms with Crippen LogP contribution >= 0.6 is 11.3 Å². The number of nitrogens with one attached hydrogen (secondary N) is 1. The molecule has 1 aliphatic heterocycles. The predicted molar refractivity (Wildman–Crippen MR) is 99.2 cm³/mol. The maximum atomic E-state index is 13.1. The Bertz CT molecular complexity index is 926. The second-order valence-electron chi connectivity index (χ2n) is 6.54. The van der Waals surface area contributed by atoms with Gasteiger partial charge in [0.2, 0.25) is 0 Å². The standard InChI is InChI=1S/C19H20FN3O2S/c1-12-16-9-17(18(24)21-10-15-3-2-8-25-15)26-19(16)23(22-12)11-13-4-6-14(20)7-5-13/h4-7,9,15H,2-3,8,10-11H2,1H3,(H,21,24)/t15-/m1/s1. The van der Waals surface area contributed by atoms with E-state index in [0.717, 1.165) is 40.9 Å². The number of ether oxygens (including phenoxy) is 1. The Morgan fingerprint density at radius 1 is 1.42 bits per heavy atom. The molecule has 3 heterocycles. The van der Waals surface area contributed by atoms with Gasteiger partial charge in [-0.05, 0) is 43.5 Å². The molecule has 1 fully saturated rings. The van der Waals surface area contributed by atoms with E-state index < -0.39 is 0 Å². The lowest BCUT2D eigenvalue weighted by Crippen LogP contribution is -2.31. The molecule has 2 aromatic heterocycles. The summed E-state index contributed by atoms with van der Waals surface area (Å²) in [4.78, 5) is 14.1. The van der Waals surface area contributed by atoms with E-state index >= 15 is 0 Å². The number of nitrogens with zero attached hydrogens (tertiary/aromatic N) is 2. The van der Waals surface area contributed by atoms with Crippen LogP contribution in [0.1, 0.15) is 33.8 Å². The van der Waals surface area contributed by atoms with Crippen LogP contribution < -0.4 is 5.32 Å². The third-order valence-corrected chi connectivity index (χ3v) is 5.74. The Morgan fingerprint density at radius 2 is 2.23 bits per heavy atom. The highest BCUT2D eigenvalue weighted by molar-refractivity contribution is 7.20. The van der Waals surface area contributed by atoms with Crippen molar-refractivity contribution in [2.45, 2.75) is 32.4 Å². The Labute approximate surface area is 154 Å². The van der Waals surface area contributed by atoms with Crippen LogP contribution in [0.5, 0.6) is 0 Å². The van der Waals surface area contributed by atoms with E-state index in [-0.39, 0.29) is 17.8 Å². The SMILES string of the molecule is Cc1nn(Cc2ccc(F)cc2)c2sc(C(=O)NC[C@H]3CCCO3)cc12. The minimum Gasteiger partial charge on any atom is -0.376 e. The molecule has 1 aromatic carbocycles. The summed E-state index contributed by atoms with van der Waals surface area (Å²) in [5.74, 6) is -0.328. The quantitative estimate of drug-likeness (QED) is 0.745. The van der Waals surface area contributed by atoms with Crippen molar-refractivity contribution in [1.82, 2.24) is 15.1 Å². The summed E-state index contributed by atoms with van der Waals surface area (Å²) >= 11 is 1.43. The molecule has 1 N–H and O–H groups in total. The van der Waals surface area contributed by atoms with Gasteiger partial charge in [0, 0.05) is 18.5 Å². The number of carbonyl (C=O) groups is 1. The van der Waals surface area contributed by atoms with Gasteiger partial charge in [-0.1, -0.05) is 12.1 Å². The fourth-order valence-electron chi connectivity index (χ4n) is 3.19. The van der Waals surface area contributed by atoms with Crippen LogP contribution in [0.15, 0.2) is 30.3 Å². The molecule has 1 saturated heterocycles. The molecule has 0 bridgehead atoms. The Hall–Kier alpha value is -2.25. The number of hydrogen-bond acceptors (Lipinski definition) is 4. The number of halogens is 1. The zero-order valence-electron chi connectivity index (χ0n) is 14.5. The van der Waals surface area contributed by atoms with Crippen molar-refractivity contribution in [3.63, 3.8) is 0 Å². The molecule has 1 atom stereocenters. The topological polar surface area (TPSA) is 56.2 Å². The molecule has 1 aliphatic rings. The van der Waals surface area contributed by atoms with Crippen molar-refractivity contribution in [3.8, 4) is 0 Å². The van der Waals surface area contributed by atoms with Crippen LogP contribution in [0.25, 0.3) is 10.2 Å². The summed E-state index contributed by atoms with van der Waals surface area (Å²) in [6.45, 7) is 3.81. The van der Waals surface area contributed by atoms with E-state index in [2.05, 4.69) is 10.4 Å². The van der Waals surface area contributed by atoms with Crippen LogP contribution in [0.3, 0.4) is 0 Å². The summed E-state index contributed by atoms with van der Waals surface area (Å²) < 4.78 is 20.5. The van der Waals surface area contributed by atoms with Gasteiger partial charge in [-0.3, -0.25) is 9.48 Å². The van der Waals surface area contributed by atoms with Crippen molar-refractivity contribution in [2.24, 2.45) is 0 Å². The maximum Gasteiger partial charge on any atom is 0.261 e. The van der Waals surface area contributed by atoms with E-state index in [0.29, 0.717) is 18.0 Å². The summed E-state index contributed by atoms with van der Waals surface area (Å²) in [6, 6.07) is 8.29. The molecule has 0 aliphatic carbocycles. The lowest BCUT2D eigenvalue weighted by atomic mass is 10.2. The first kappa shape index (κ1) is 17.2. The number of fused-ring (bicyclic) bond motifs is 1. The van der Waals surface area contributed by atoms with Crippen molar-refractivity contribution >= 4 is 27.5 Å². The Balaban J connectivity index is 1.52. The molecule has 4 rings (SSSR count). The average Bonchev–Trinajstić information content (AvgIpc) is 3.35. The number of benzene rings is 1. The summed E-state index contributed by atoms with van der Waals surface area (Å²) in [7, 11) is 0. The van der Waals surface area contributed by atoms with Gasteiger partial charge in [-0.15, -0.1) is 11.3 Å². The highest BCUT2D eigenvalue weighted by Gasteiger charge is 2.19. The van der Waals surface area contributed by atoms with Crippen LogP contribution in [-0.4, -0.2) is 34.9 Å². The first-order chi connectivity index (χ1) is 12.6. The van der Waals surface area contributed by atoms with E-state index in [1.807, 2.05) is 17.7 Å². The van der Waals surface area contributed by atoms with Gasteiger partial charge in [0.15, 0.2) is 0 Å². The summed E-state index contributed by atoms with van der Waals surface area (Å²) in [5.41, 5.74) is 1.85. The molecule has 5 nitrogen and oxygen atoms in total. The van der Waals surface area contributed by atoms with E-state index in [9.17, 15) is 9.18 Å². The molecule has 3 aromatic rings. The molecule has 7 heteroatoms. The predicted octanol–water partition coefficient (Wildman–Crippen LogP) is 3.50. The molecule has 136 valence electrons. The van der Waals surface area contributed by atoms with Crippen molar-refractivity contribution < 1.29 is 13.9 Å². The molecular weight excluding hydrogens is 353 g/mol. The molecule has 1 amide bonds. The minimum absolute atomic E-state index is 0.0746. The lowest BCUT2D eigenvalue weighted by molar-refractivity contribution is 0.0861. The average molecular weight is 373 g/mol. The molecule has 0 unspecified atom stereocenters. The van der Waals surface area contributed by atoms with E-state index in [4.69, 9.17) is 4.74 Å². The number of amides is 1. The van der Waals surface area contributed by atoms with Gasteiger partial charge in [-0.25, -0.2) is 4.39 Å². The number of aromatic nitrogens is 2. The molecule has 0 saturated carbocycles. The number of aryl methyl sites for hydroxylation is 1. The van der Waals surface area contributed by atoms with Crippen LogP contribution in [0, 0.1) is 12.7 Å². The normalized spacial score (nSPS) is 17.1. The summed E-state index contributed by atoms with van der Waals surface area (Å²) in [6.07, 6.45) is 2.18. The minimum atomic E-state index is -0.253. The van der Waals surface area contributed by atoms with Crippen molar-refractivity contribution in [3.05, 3.63) is 52.3 Å². The first-order valence-corrected chi connectivity index (χ1v) is 9.53. The largest absolute Gasteiger partial charge is 0.376 e. The number of carbonyl (C=O) groups excluding carboxylic acids is 1. The second-order valence-corrected chi connectivity index (χ2v) is 7.57. The van der Waals surface area contributed by atoms with Gasteiger partial charge >= 0.3 is 0 Å². The zero-order valence-corrected chi connectivity index (χ0v) is 15.3. The monoisotopic (exact) mass is 373 g/mol. The van der Waals surface area contributed by atoms with Gasteiger partial charge in [0.05, 0.1) is 23.2 Å². The maximum absolute atomic E-state index is 13.1. The van der Waals surface area contributed by atoms with Crippen LogP contribution in [0.4, 0.5) is 4.39 Å². The van der Waals surface area contributed by atoms with Crippen molar-refractivity contribution in [2.75, 3.05) is 13.2 Å². The third-order valence-electron chi connectivity index (χ3n) is 4.59. The van der Waals surface area contributed by atoms with Gasteiger partial charge < -0.3 is 10.1 Å². The fraction of sp³-hybridized carbons (Fsp3) is 0.368. The lowest BCUT2D eigenvalue weighted by Gasteiger charge is -2.09. The number of hydrogen-bond donors (Lipinski definition) is 1. The summed E-state index contributed by atoms with van der Waals surface area (Å²) in [5, 5.41) is 8.51. The number of thiophene rings is 1. The van der Waals surface area contributed by atoms with E-state index in [1.54, 1.807) is 12.1 Å². The third kappa shape index (κ3) is 3.50. The number of rotatable bonds is 5. The molecular formula is C19H20FN3O2S. The molecule has 0 radical (unpaired) electrons. The van der Waals surface area contributed by atoms with Crippen LogP contribution in [0.2, 0.25) is 0 Å². The Morgan fingerprint density at radius 3 is 2.96 bits per heavy atom. The van der Waals surface area contributed by atoms with Gasteiger partial charge in [-0.2, -0.15) is 5.10 Å². The van der Waals surface area contributed by atoms with Crippen LogP contribution in [-0.2, 0) is 11.3 Å². The van der Waals surface area contributed by atoms with E-state index in [1.165, 1.54) is 23.5 Å². The van der Waals surface area contributed by atoms with Gasteiger partial charge in [0.25, 0.3) is 5.91 Å². The highest BCUT2D eigenvalue weighted by Crippen LogP contribution is 2.29. The second kappa shape index (κ2) is 7.17. The zero-order chi connectivity index (χ0) is 18.1. The van der Waals surface area contributed by atoms with Gasteiger partial charge in [0.1, 0.15) is 10.6 Å².